The highest BCUT2D eigenvalue weighted by Gasteiger charge is 2.43. The average molecular weight is 311 g/mol. The largest absolute Gasteiger partial charge is 0.302 e. The Morgan fingerprint density at radius 3 is 2.43 bits per heavy atom. The molecule has 1 saturated carbocycles. The molecular weight excluding hydrogens is 280 g/mol. The number of hydrogen-bond acceptors (Lipinski definition) is 5. The van der Waals surface area contributed by atoms with Crippen LogP contribution in [0.1, 0.15) is 57.2 Å². The minimum Gasteiger partial charge on any atom is -0.302 e. The van der Waals surface area contributed by atoms with E-state index in [1.807, 2.05) is 0 Å². The van der Waals surface area contributed by atoms with Crippen LogP contribution in [0.2, 0.25) is 0 Å². The maximum atomic E-state index is 5.92. The second-order valence-electron chi connectivity index (χ2n) is 7.50. The van der Waals surface area contributed by atoms with E-state index in [1.165, 1.54) is 36.4 Å². The molecule has 0 spiro atoms. The third-order valence-electron chi connectivity index (χ3n) is 4.91. The van der Waals surface area contributed by atoms with Crippen molar-refractivity contribution in [2.45, 2.75) is 69.9 Å². The number of nitrogens with two attached hydrogens (primary N) is 1. The summed E-state index contributed by atoms with van der Waals surface area (Å²) in [5, 5.41) is 3.39. The van der Waals surface area contributed by atoms with Crippen molar-refractivity contribution in [3.05, 3.63) is 16.1 Å². The fraction of sp³-hybridized carbons (Fsp3) is 0.812. The first-order chi connectivity index (χ1) is 9.79. The van der Waals surface area contributed by atoms with Gasteiger partial charge in [-0.3, -0.25) is 11.3 Å². The molecule has 1 aliphatic carbocycles. The highest BCUT2D eigenvalue weighted by molar-refractivity contribution is 7.09. The molecule has 0 amide bonds. The molecule has 0 aliphatic heterocycles. The summed E-state index contributed by atoms with van der Waals surface area (Å²) in [4.78, 5) is 7.20. The van der Waals surface area contributed by atoms with E-state index >= 15 is 0 Å². The van der Waals surface area contributed by atoms with Gasteiger partial charge in [0.1, 0.15) is 0 Å². The number of thiazole rings is 1. The molecule has 21 heavy (non-hydrogen) atoms. The third-order valence-corrected chi connectivity index (χ3v) is 5.78. The van der Waals surface area contributed by atoms with Crippen LogP contribution in [0.15, 0.2) is 5.38 Å². The van der Waals surface area contributed by atoms with Crippen LogP contribution in [0.4, 0.5) is 0 Å². The molecule has 5 heteroatoms. The number of nitrogens with zero attached hydrogens (tertiary/aromatic N) is 2. The van der Waals surface area contributed by atoms with Gasteiger partial charge in [0.2, 0.25) is 0 Å². The van der Waals surface area contributed by atoms with Crippen LogP contribution in [-0.2, 0) is 11.8 Å². The average Bonchev–Trinajstić information content (AvgIpc) is 3.04. The maximum absolute atomic E-state index is 5.92. The summed E-state index contributed by atoms with van der Waals surface area (Å²) in [5.74, 6) is 5.92. The van der Waals surface area contributed by atoms with Crippen molar-refractivity contribution in [2.75, 3.05) is 14.1 Å². The molecule has 1 heterocycles. The highest BCUT2D eigenvalue weighted by atomic mass is 32.1. The van der Waals surface area contributed by atoms with E-state index in [1.54, 1.807) is 11.3 Å². The highest BCUT2D eigenvalue weighted by Crippen LogP contribution is 2.38. The Kier molecular flexibility index (Phi) is 5.08. The van der Waals surface area contributed by atoms with Gasteiger partial charge in [-0.2, -0.15) is 0 Å². The third kappa shape index (κ3) is 3.47. The SMILES string of the molecule is CN(C)C1(C(Cc2nc(C(C)(C)C)cs2)NN)CCCC1. The maximum Gasteiger partial charge on any atom is 0.0945 e. The second-order valence-corrected chi connectivity index (χ2v) is 8.45. The van der Waals surface area contributed by atoms with E-state index in [0.29, 0.717) is 0 Å². The predicted octanol–water partition coefficient (Wildman–Crippen LogP) is 2.69. The van der Waals surface area contributed by atoms with E-state index in [9.17, 15) is 0 Å². The van der Waals surface area contributed by atoms with E-state index in [0.717, 1.165) is 6.42 Å². The predicted molar refractivity (Wildman–Crippen MR) is 90.5 cm³/mol. The van der Waals surface area contributed by atoms with Crippen molar-refractivity contribution in [1.82, 2.24) is 15.3 Å². The van der Waals surface area contributed by atoms with Crippen LogP contribution < -0.4 is 11.3 Å². The number of likely N-dealkylation sites (N-methyl/N-ethyl adjacent to an activating group) is 1. The molecule has 1 aromatic heterocycles. The molecule has 1 atom stereocenters. The standard InChI is InChI=1S/C16H30N4S/c1-15(2,3)13-11-21-14(18-13)10-12(19-17)16(20(4)5)8-6-7-9-16/h11-12,19H,6-10,17H2,1-5H3. The molecule has 120 valence electrons. The van der Waals surface area contributed by atoms with E-state index < -0.39 is 0 Å². The topological polar surface area (TPSA) is 54.2 Å². The molecular formula is C16H30N4S. The van der Waals surface area contributed by atoms with Crippen molar-refractivity contribution in [2.24, 2.45) is 5.84 Å². The van der Waals surface area contributed by atoms with Crippen LogP contribution in [0.5, 0.6) is 0 Å². The molecule has 0 bridgehead atoms. The number of hydrogen-bond donors (Lipinski definition) is 2. The first kappa shape index (κ1) is 16.9. The molecule has 1 aromatic rings. The number of nitrogens with one attached hydrogen (secondary N) is 1. The van der Waals surface area contributed by atoms with Crippen LogP contribution in [-0.4, -0.2) is 35.6 Å². The zero-order valence-corrected chi connectivity index (χ0v) is 14.9. The fourth-order valence-electron chi connectivity index (χ4n) is 3.42. The summed E-state index contributed by atoms with van der Waals surface area (Å²) in [6, 6.07) is 0.258. The van der Waals surface area contributed by atoms with Crippen molar-refractivity contribution < 1.29 is 0 Å². The van der Waals surface area contributed by atoms with Crippen molar-refractivity contribution in [1.29, 1.82) is 0 Å². The van der Waals surface area contributed by atoms with Gasteiger partial charge < -0.3 is 4.90 Å². The molecule has 2 rings (SSSR count). The number of hydrazine groups is 1. The summed E-state index contributed by atoms with van der Waals surface area (Å²) in [6.07, 6.45) is 5.93. The lowest BCUT2D eigenvalue weighted by molar-refractivity contribution is 0.104. The lowest BCUT2D eigenvalue weighted by Gasteiger charge is -2.42. The van der Waals surface area contributed by atoms with Crippen LogP contribution >= 0.6 is 11.3 Å². The lowest BCUT2D eigenvalue weighted by Crippen LogP contribution is -2.60. The zero-order valence-electron chi connectivity index (χ0n) is 14.1. The van der Waals surface area contributed by atoms with Gasteiger partial charge in [-0.15, -0.1) is 11.3 Å². The van der Waals surface area contributed by atoms with E-state index in [-0.39, 0.29) is 17.0 Å². The molecule has 1 aliphatic rings. The smallest absolute Gasteiger partial charge is 0.0945 e. The number of rotatable bonds is 5. The van der Waals surface area contributed by atoms with Gasteiger partial charge in [0.05, 0.1) is 10.7 Å². The van der Waals surface area contributed by atoms with Crippen molar-refractivity contribution >= 4 is 11.3 Å². The van der Waals surface area contributed by atoms with Crippen LogP contribution in [0.3, 0.4) is 0 Å². The summed E-state index contributed by atoms with van der Waals surface area (Å²) in [6.45, 7) is 6.63. The molecule has 3 N–H and O–H groups in total. The van der Waals surface area contributed by atoms with Gasteiger partial charge in [-0.1, -0.05) is 33.6 Å². The minimum atomic E-state index is 0.118. The zero-order chi connectivity index (χ0) is 15.7. The minimum absolute atomic E-state index is 0.118. The molecule has 0 saturated heterocycles. The molecule has 0 radical (unpaired) electrons. The second kappa shape index (κ2) is 6.32. The number of aromatic nitrogens is 1. The molecule has 1 unspecified atom stereocenters. The Morgan fingerprint density at radius 2 is 2.00 bits per heavy atom. The monoisotopic (exact) mass is 310 g/mol. The Morgan fingerprint density at radius 1 is 1.38 bits per heavy atom. The van der Waals surface area contributed by atoms with Crippen LogP contribution in [0.25, 0.3) is 0 Å². The Bertz CT molecular complexity index is 455. The Hall–Kier alpha value is -0.490. The lowest BCUT2D eigenvalue weighted by atomic mass is 9.85. The van der Waals surface area contributed by atoms with E-state index in [4.69, 9.17) is 10.8 Å². The molecule has 0 aromatic carbocycles. The van der Waals surface area contributed by atoms with Crippen LogP contribution in [0, 0.1) is 0 Å². The van der Waals surface area contributed by atoms with Gasteiger partial charge in [0.15, 0.2) is 0 Å². The van der Waals surface area contributed by atoms with Crippen molar-refractivity contribution in [3.8, 4) is 0 Å². The quantitative estimate of drug-likeness (QED) is 0.648. The van der Waals surface area contributed by atoms with Crippen molar-refractivity contribution in [3.63, 3.8) is 0 Å². The Labute approximate surface area is 133 Å². The normalized spacial score (nSPS) is 20.1. The van der Waals surface area contributed by atoms with Gasteiger partial charge >= 0.3 is 0 Å². The first-order valence-electron chi connectivity index (χ1n) is 7.88. The Balaban J connectivity index is 2.17. The molecule has 1 fully saturated rings. The summed E-state index contributed by atoms with van der Waals surface area (Å²) in [5.41, 5.74) is 4.56. The summed E-state index contributed by atoms with van der Waals surface area (Å²) < 4.78 is 0. The fourth-order valence-corrected chi connectivity index (χ4v) is 4.49. The first-order valence-corrected chi connectivity index (χ1v) is 8.76. The summed E-state index contributed by atoms with van der Waals surface area (Å²) >= 11 is 1.76. The van der Waals surface area contributed by atoms with Gasteiger partial charge in [-0.25, -0.2) is 4.98 Å². The summed E-state index contributed by atoms with van der Waals surface area (Å²) in [7, 11) is 4.36. The molecule has 4 nitrogen and oxygen atoms in total. The van der Waals surface area contributed by atoms with Gasteiger partial charge in [0.25, 0.3) is 0 Å². The van der Waals surface area contributed by atoms with Gasteiger partial charge in [0, 0.05) is 28.8 Å². The van der Waals surface area contributed by atoms with Gasteiger partial charge in [-0.05, 0) is 26.9 Å². The van der Waals surface area contributed by atoms with E-state index in [2.05, 4.69) is 50.6 Å².